The van der Waals surface area contributed by atoms with Gasteiger partial charge in [-0.2, -0.15) is 0 Å². The summed E-state index contributed by atoms with van der Waals surface area (Å²) >= 11 is 0. The maximum absolute atomic E-state index is 11.8. The molecule has 1 amide bonds. The van der Waals surface area contributed by atoms with Gasteiger partial charge >= 0.3 is 0 Å². The maximum atomic E-state index is 11.8. The maximum Gasteiger partial charge on any atom is 0.269 e. The summed E-state index contributed by atoms with van der Waals surface area (Å²) in [6.07, 6.45) is 1.67. The Bertz CT molecular complexity index is 612. The van der Waals surface area contributed by atoms with Crippen molar-refractivity contribution >= 4 is 11.6 Å². The molecule has 0 radical (unpaired) electrons. The van der Waals surface area contributed by atoms with E-state index < -0.39 is 0 Å². The van der Waals surface area contributed by atoms with E-state index in [2.05, 4.69) is 34.7 Å². The second-order valence-corrected chi connectivity index (χ2v) is 4.96. The van der Waals surface area contributed by atoms with Crippen LogP contribution in [0.1, 0.15) is 21.6 Å². The van der Waals surface area contributed by atoms with Crippen LogP contribution < -0.4 is 10.6 Å². The van der Waals surface area contributed by atoms with Gasteiger partial charge in [0.05, 0.1) is 18.5 Å². The van der Waals surface area contributed by atoms with Crippen molar-refractivity contribution in [2.45, 2.75) is 13.5 Å². The number of benzene rings is 1. The number of aryl methyl sites for hydroxylation is 1. The Balaban J connectivity index is 1.89. The number of nitrogens with one attached hydrogen (secondary N) is 2. The Morgan fingerprint density at radius 2 is 2.05 bits per heavy atom. The highest BCUT2D eigenvalue weighted by molar-refractivity contribution is 5.92. The van der Waals surface area contributed by atoms with Crippen molar-refractivity contribution < 1.29 is 9.53 Å². The van der Waals surface area contributed by atoms with Crippen LogP contribution in [0.3, 0.4) is 0 Å². The number of nitrogens with zero attached hydrogens (tertiary/aromatic N) is 1. The molecule has 2 N–H and O–H groups in total. The normalized spacial score (nSPS) is 10.3. The molecule has 5 heteroatoms. The minimum Gasteiger partial charge on any atom is -0.383 e. The van der Waals surface area contributed by atoms with Crippen LogP contribution in [-0.2, 0) is 11.3 Å². The number of methoxy groups -OCH3 is 1. The van der Waals surface area contributed by atoms with E-state index in [1.54, 1.807) is 19.4 Å². The van der Waals surface area contributed by atoms with Gasteiger partial charge in [-0.1, -0.05) is 24.3 Å². The minimum atomic E-state index is -0.192. The van der Waals surface area contributed by atoms with E-state index in [0.717, 1.165) is 12.2 Å². The first-order valence-corrected chi connectivity index (χ1v) is 7.22. The van der Waals surface area contributed by atoms with E-state index in [-0.39, 0.29) is 5.91 Å². The highest BCUT2D eigenvalue weighted by Crippen LogP contribution is 2.11. The number of aromatic nitrogens is 1. The molecule has 2 rings (SSSR count). The van der Waals surface area contributed by atoms with Crippen LogP contribution in [0.2, 0.25) is 0 Å². The molecule has 1 aromatic carbocycles. The third-order valence-corrected chi connectivity index (χ3v) is 3.33. The quantitative estimate of drug-likeness (QED) is 0.771. The lowest BCUT2D eigenvalue weighted by Crippen LogP contribution is -2.27. The average Bonchev–Trinajstić information content (AvgIpc) is 2.55. The van der Waals surface area contributed by atoms with Gasteiger partial charge in [-0.15, -0.1) is 0 Å². The van der Waals surface area contributed by atoms with Gasteiger partial charge in [-0.3, -0.25) is 4.79 Å². The number of amides is 1. The van der Waals surface area contributed by atoms with E-state index in [1.807, 2.05) is 18.2 Å². The van der Waals surface area contributed by atoms with Crippen LogP contribution in [0.15, 0.2) is 42.6 Å². The molecule has 0 aliphatic rings. The van der Waals surface area contributed by atoms with Crippen LogP contribution in [0.4, 0.5) is 5.69 Å². The highest BCUT2D eigenvalue weighted by atomic mass is 16.5. The van der Waals surface area contributed by atoms with Gasteiger partial charge in [0.25, 0.3) is 5.91 Å². The zero-order valence-corrected chi connectivity index (χ0v) is 12.9. The van der Waals surface area contributed by atoms with E-state index in [4.69, 9.17) is 4.74 Å². The molecule has 0 fully saturated rings. The Labute approximate surface area is 130 Å². The topological polar surface area (TPSA) is 63.2 Å². The molecule has 22 heavy (non-hydrogen) atoms. The molecule has 1 heterocycles. The smallest absolute Gasteiger partial charge is 0.269 e. The second-order valence-electron chi connectivity index (χ2n) is 4.96. The van der Waals surface area contributed by atoms with Gasteiger partial charge in [0.15, 0.2) is 0 Å². The molecule has 0 saturated carbocycles. The number of pyridine rings is 1. The zero-order chi connectivity index (χ0) is 15.8. The molecule has 2 aromatic rings. The molecule has 1 aromatic heterocycles. The van der Waals surface area contributed by atoms with Crippen LogP contribution in [0.25, 0.3) is 0 Å². The van der Waals surface area contributed by atoms with Crippen molar-refractivity contribution in [3.63, 3.8) is 0 Å². The fraction of sp³-hybridized carbons (Fsp3) is 0.294. The summed E-state index contributed by atoms with van der Waals surface area (Å²) in [4.78, 5) is 16.0. The van der Waals surface area contributed by atoms with Crippen molar-refractivity contribution in [2.24, 2.45) is 0 Å². The van der Waals surface area contributed by atoms with Gasteiger partial charge in [0, 0.05) is 20.2 Å². The summed E-state index contributed by atoms with van der Waals surface area (Å²) < 4.78 is 4.89. The number of rotatable bonds is 7. The van der Waals surface area contributed by atoms with E-state index in [9.17, 15) is 4.79 Å². The summed E-state index contributed by atoms with van der Waals surface area (Å²) in [6.45, 7) is 3.78. The number of hydrogen-bond donors (Lipinski definition) is 2. The Hall–Kier alpha value is -2.40. The first-order chi connectivity index (χ1) is 10.7. The summed E-state index contributed by atoms with van der Waals surface area (Å²) in [5.74, 6) is -0.192. The number of carbonyl (C=O) groups excluding carboxylic acids is 1. The van der Waals surface area contributed by atoms with Crippen LogP contribution in [0, 0.1) is 6.92 Å². The Morgan fingerprint density at radius 3 is 2.73 bits per heavy atom. The number of anilines is 1. The first-order valence-electron chi connectivity index (χ1n) is 7.22. The third-order valence-electron chi connectivity index (χ3n) is 3.33. The lowest BCUT2D eigenvalue weighted by molar-refractivity contribution is 0.0932. The van der Waals surface area contributed by atoms with Crippen molar-refractivity contribution in [2.75, 3.05) is 25.6 Å². The van der Waals surface area contributed by atoms with Gasteiger partial charge in [0.1, 0.15) is 5.69 Å². The molecular weight excluding hydrogens is 278 g/mol. The molecule has 0 atom stereocenters. The fourth-order valence-corrected chi connectivity index (χ4v) is 2.00. The summed E-state index contributed by atoms with van der Waals surface area (Å²) in [5, 5.41) is 6.04. The van der Waals surface area contributed by atoms with Gasteiger partial charge < -0.3 is 15.4 Å². The predicted molar refractivity (Wildman–Crippen MR) is 87.0 cm³/mol. The largest absolute Gasteiger partial charge is 0.383 e. The van der Waals surface area contributed by atoms with Gasteiger partial charge in [-0.05, 0) is 30.2 Å². The van der Waals surface area contributed by atoms with E-state index in [0.29, 0.717) is 18.8 Å². The third kappa shape index (κ3) is 4.56. The monoisotopic (exact) mass is 299 g/mol. The van der Waals surface area contributed by atoms with E-state index >= 15 is 0 Å². The molecule has 0 spiro atoms. The molecule has 0 aliphatic carbocycles. The second kappa shape index (κ2) is 8.14. The van der Waals surface area contributed by atoms with Crippen LogP contribution >= 0.6 is 0 Å². The average molecular weight is 299 g/mol. The molecule has 0 bridgehead atoms. The zero-order valence-electron chi connectivity index (χ0n) is 12.9. The summed E-state index contributed by atoms with van der Waals surface area (Å²) in [5.41, 5.74) is 3.77. The SMILES string of the molecule is COCCNC(=O)c1ccc(NCc2ccccc2C)cn1. The van der Waals surface area contributed by atoms with Crippen molar-refractivity contribution in [3.05, 3.63) is 59.4 Å². The summed E-state index contributed by atoms with van der Waals surface area (Å²) in [6, 6.07) is 11.8. The molecule has 116 valence electrons. The van der Waals surface area contributed by atoms with E-state index in [1.165, 1.54) is 11.1 Å². The lowest BCUT2D eigenvalue weighted by Gasteiger charge is -2.09. The standard InChI is InChI=1S/C17H21N3O2/c1-13-5-3-4-6-14(13)11-19-15-7-8-16(20-12-15)17(21)18-9-10-22-2/h3-8,12,19H,9-11H2,1-2H3,(H,18,21). The van der Waals surface area contributed by atoms with Crippen LogP contribution in [-0.4, -0.2) is 31.2 Å². The van der Waals surface area contributed by atoms with Gasteiger partial charge in [0.2, 0.25) is 0 Å². The summed E-state index contributed by atoms with van der Waals surface area (Å²) in [7, 11) is 1.60. The van der Waals surface area contributed by atoms with Crippen molar-refractivity contribution in [1.29, 1.82) is 0 Å². The van der Waals surface area contributed by atoms with Crippen molar-refractivity contribution in [1.82, 2.24) is 10.3 Å². The Kier molecular flexibility index (Phi) is 5.91. The number of hydrogen-bond acceptors (Lipinski definition) is 4. The van der Waals surface area contributed by atoms with Crippen molar-refractivity contribution in [3.8, 4) is 0 Å². The molecule has 5 nitrogen and oxygen atoms in total. The first kappa shape index (κ1) is 16.0. The van der Waals surface area contributed by atoms with Gasteiger partial charge in [-0.25, -0.2) is 4.98 Å². The van der Waals surface area contributed by atoms with Crippen LogP contribution in [0.5, 0.6) is 0 Å². The molecule has 0 aliphatic heterocycles. The Morgan fingerprint density at radius 1 is 1.23 bits per heavy atom. The molecule has 0 saturated heterocycles. The number of carbonyl (C=O) groups is 1. The molecule has 0 unspecified atom stereocenters. The predicted octanol–water partition coefficient (Wildman–Crippen LogP) is 2.38. The fourth-order valence-electron chi connectivity index (χ4n) is 2.00. The molecular formula is C17H21N3O2. The lowest BCUT2D eigenvalue weighted by atomic mass is 10.1. The minimum absolute atomic E-state index is 0.192. The highest BCUT2D eigenvalue weighted by Gasteiger charge is 2.06. The number of ether oxygens (including phenoxy) is 1.